The van der Waals surface area contributed by atoms with Crippen LogP contribution in [0.4, 0.5) is 5.69 Å². The second-order valence-corrected chi connectivity index (χ2v) is 6.56. The van der Waals surface area contributed by atoms with E-state index in [4.69, 9.17) is 4.52 Å². The number of nitrogens with one attached hydrogen (secondary N) is 1. The molecule has 1 aromatic heterocycles. The maximum absolute atomic E-state index is 12.1. The zero-order valence-corrected chi connectivity index (χ0v) is 13.2. The van der Waals surface area contributed by atoms with E-state index in [2.05, 4.69) is 24.3 Å². The van der Waals surface area contributed by atoms with Gasteiger partial charge in [0.1, 0.15) is 5.76 Å². The summed E-state index contributed by atoms with van der Waals surface area (Å²) in [4.78, 5) is 12.1. The number of amides is 1. The van der Waals surface area contributed by atoms with Crippen molar-refractivity contribution in [2.24, 2.45) is 0 Å². The van der Waals surface area contributed by atoms with Crippen molar-refractivity contribution in [2.45, 2.75) is 46.0 Å². The smallest absolute Gasteiger partial charge is 0.277 e. The van der Waals surface area contributed by atoms with E-state index in [1.54, 1.807) is 6.07 Å². The number of nitrogens with zero attached hydrogens (tertiary/aromatic N) is 1. The normalized spacial score (nSPS) is 11.7. The van der Waals surface area contributed by atoms with Gasteiger partial charge in [-0.25, -0.2) is 0 Å². The number of anilines is 1. The van der Waals surface area contributed by atoms with Crippen molar-refractivity contribution in [3.8, 4) is 0 Å². The first kappa shape index (κ1) is 15.3. The predicted octanol–water partition coefficient (Wildman–Crippen LogP) is 4.35. The Labute approximate surface area is 125 Å². The molecule has 21 heavy (non-hydrogen) atoms. The summed E-state index contributed by atoms with van der Waals surface area (Å²) in [7, 11) is 0. The van der Waals surface area contributed by atoms with E-state index in [1.165, 1.54) is 5.56 Å². The van der Waals surface area contributed by atoms with Crippen molar-refractivity contribution in [1.29, 1.82) is 0 Å². The number of carbonyl (C=O) groups is 1. The third kappa shape index (κ3) is 3.72. The van der Waals surface area contributed by atoms with E-state index < -0.39 is 0 Å². The summed E-state index contributed by atoms with van der Waals surface area (Å²) in [5, 5.41) is 6.67. The molecule has 1 heterocycles. The van der Waals surface area contributed by atoms with Gasteiger partial charge in [-0.05, 0) is 23.6 Å². The predicted molar refractivity (Wildman–Crippen MR) is 83.7 cm³/mol. The molecule has 0 aliphatic rings. The summed E-state index contributed by atoms with van der Waals surface area (Å²) in [5.41, 5.74) is 2.13. The summed E-state index contributed by atoms with van der Waals surface area (Å²) in [6.07, 6.45) is 0. The quantitative estimate of drug-likeness (QED) is 0.912. The molecule has 1 N–H and O–H groups in total. The molecule has 0 radical (unpaired) electrons. The Morgan fingerprint density at radius 1 is 1.19 bits per heavy atom. The number of hydrogen-bond donors (Lipinski definition) is 1. The van der Waals surface area contributed by atoms with Gasteiger partial charge >= 0.3 is 0 Å². The van der Waals surface area contributed by atoms with Crippen LogP contribution in [0, 0.1) is 0 Å². The lowest BCUT2D eigenvalue weighted by atomic mass is 9.93. The molecule has 0 aliphatic carbocycles. The van der Waals surface area contributed by atoms with Crippen molar-refractivity contribution in [3.63, 3.8) is 0 Å². The van der Waals surface area contributed by atoms with Gasteiger partial charge in [0.15, 0.2) is 5.69 Å². The van der Waals surface area contributed by atoms with Crippen LogP contribution in [-0.4, -0.2) is 11.1 Å². The topological polar surface area (TPSA) is 55.1 Å². The lowest BCUT2D eigenvalue weighted by Crippen LogP contribution is -2.13. The number of hydrogen-bond acceptors (Lipinski definition) is 3. The van der Waals surface area contributed by atoms with Crippen molar-refractivity contribution in [1.82, 2.24) is 5.16 Å². The van der Waals surface area contributed by atoms with Crippen molar-refractivity contribution in [2.75, 3.05) is 5.32 Å². The number of rotatable bonds is 3. The first-order chi connectivity index (χ1) is 9.77. The Morgan fingerprint density at radius 3 is 2.29 bits per heavy atom. The van der Waals surface area contributed by atoms with E-state index in [-0.39, 0.29) is 11.3 Å². The maximum atomic E-state index is 12.1. The lowest BCUT2D eigenvalue weighted by Gasteiger charge is -2.12. The molecule has 2 rings (SSSR count). The largest absolute Gasteiger partial charge is 0.360 e. The van der Waals surface area contributed by atoms with Gasteiger partial charge in [-0.2, -0.15) is 0 Å². The van der Waals surface area contributed by atoms with Gasteiger partial charge in [-0.3, -0.25) is 4.79 Å². The van der Waals surface area contributed by atoms with Crippen molar-refractivity contribution in [3.05, 3.63) is 47.3 Å². The molecule has 4 heteroatoms. The van der Waals surface area contributed by atoms with Gasteiger partial charge in [-0.15, -0.1) is 0 Å². The van der Waals surface area contributed by atoms with Gasteiger partial charge < -0.3 is 9.84 Å². The molecule has 0 aliphatic heterocycles. The van der Waals surface area contributed by atoms with Gasteiger partial charge in [0.05, 0.1) is 0 Å². The highest BCUT2D eigenvalue weighted by molar-refractivity contribution is 6.02. The van der Waals surface area contributed by atoms with Crippen LogP contribution < -0.4 is 5.32 Å². The Bertz CT molecular complexity index is 619. The Balaban J connectivity index is 2.09. The third-order valence-corrected chi connectivity index (χ3v) is 3.32. The molecule has 0 spiro atoms. The van der Waals surface area contributed by atoms with Crippen LogP contribution >= 0.6 is 0 Å². The van der Waals surface area contributed by atoms with E-state index >= 15 is 0 Å². The van der Waals surface area contributed by atoms with Crippen LogP contribution in [0.1, 0.15) is 62.3 Å². The van der Waals surface area contributed by atoms with Gasteiger partial charge in [0, 0.05) is 17.2 Å². The maximum Gasteiger partial charge on any atom is 0.277 e. The molecule has 0 unspecified atom stereocenters. The summed E-state index contributed by atoms with van der Waals surface area (Å²) in [5.74, 6) is 0.911. The molecule has 0 bridgehead atoms. The molecule has 0 saturated carbocycles. The zero-order valence-electron chi connectivity index (χ0n) is 13.2. The standard InChI is InChI=1S/C17H22N2O2/c1-11(2)12-6-8-13(9-7-12)18-16(20)14-10-15(21-19-14)17(3,4)5/h6-11H,1-5H3,(H,18,20). The molecule has 2 aromatic rings. The first-order valence-corrected chi connectivity index (χ1v) is 7.16. The molecule has 4 nitrogen and oxygen atoms in total. The molecule has 1 amide bonds. The highest BCUT2D eigenvalue weighted by Gasteiger charge is 2.22. The van der Waals surface area contributed by atoms with Crippen molar-refractivity contribution >= 4 is 11.6 Å². The fourth-order valence-electron chi connectivity index (χ4n) is 1.88. The minimum atomic E-state index is -0.258. The minimum Gasteiger partial charge on any atom is -0.360 e. The second-order valence-electron chi connectivity index (χ2n) is 6.56. The fourth-order valence-corrected chi connectivity index (χ4v) is 1.88. The number of aromatic nitrogens is 1. The first-order valence-electron chi connectivity index (χ1n) is 7.16. The fraction of sp³-hybridized carbons (Fsp3) is 0.412. The second kappa shape index (κ2) is 5.72. The van der Waals surface area contributed by atoms with Gasteiger partial charge in [-0.1, -0.05) is 51.9 Å². The van der Waals surface area contributed by atoms with E-state index in [0.29, 0.717) is 17.4 Å². The molecule has 0 saturated heterocycles. The van der Waals surface area contributed by atoms with E-state index in [9.17, 15) is 4.79 Å². The van der Waals surface area contributed by atoms with Crippen LogP contribution in [0.25, 0.3) is 0 Å². The average molecular weight is 286 g/mol. The average Bonchev–Trinajstić information content (AvgIpc) is 2.88. The van der Waals surface area contributed by atoms with Gasteiger partial charge in [0.25, 0.3) is 5.91 Å². The zero-order chi connectivity index (χ0) is 15.6. The van der Waals surface area contributed by atoms with Gasteiger partial charge in [0.2, 0.25) is 0 Å². The molecule has 0 atom stereocenters. The Morgan fingerprint density at radius 2 is 1.81 bits per heavy atom. The monoisotopic (exact) mass is 286 g/mol. The Hall–Kier alpha value is -2.10. The SMILES string of the molecule is CC(C)c1ccc(NC(=O)c2cc(C(C)(C)C)on2)cc1. The number of carbonyl (C=O) groups excluding carboxylic acids is 1. The molecular weight excluding hydrogens is 264 g/mol. The Kier molecular flexibility index (Phi) is 4.16. The highest BCUT2D eigenvalue weighted by atomic mass is 16.5. The summed E-state index contributed by atoms with van der Waals surface area (Å²) in [6, 6.07) is 9.53. The van der Waals surface area contributed by atoms with E-state index in [1.807, 2.05) is 45.0 Å². The highest BCUT2D eigenvalue weighted by Crippen LogP contribution is 2.23. The minimum absolute atomic E-state index is 0.162. The van der Waals surface area contributed by atoms with Crippen LogP contribution in [0.5, 0.6) is 0 Å². The summed E-state index contributed by atoms with van der Waals surface area (Å²) >= 11 is 0. The third-order valence-electron chi connectivity index (χ3n) is 3.32. The number of benzene rings is 1. The molecule has 1 aromatic carbocycles. The lowest BCUT2D eigenvalue weighted by molar-refractivity contribution is 0.101. The van der Waals surface area contributed by atoms with Crippen molar-refractivity contribution < 1.29 is 9.32 Å². The van der Waals surface area contributed by atoms with E-state index in [0.717, 1.165) is 5.69 Å². The summed E-state index contributed by atoms with van der Waals surface area (Å²) in [6.45, 7) is 10.3. The van der Waals surface area contributed by atoms with Crippen LogP contribution in [0.2, 0.25) is 0 Å². The van der Waals surface area contributed by atoms with Crippen LogP contribution in [-0.2, 0) is 5.41 Å². The van der Waals surface area contributed by atoms with Crippen LogP contribution in [0.15, 0.2) is 34.9 Å². The summed E-state index contributed by atoms with van der Waals surface area (Å²) < 4.78 is 5.23. The van der Waals surface area contributed by atoms with Crippen LogP contribution in [0.3, 0.4) is 0 Å². The molecule has 112 valence electrons. The molecule has 0 fully saturated rings. The molecular formula is C17H22N2O2.